The van der Waals surface area contributed by atoms with E-state index in [1.54, 1.807) is 24.4 Å². The van der Waals surface area contributed by atoms with Crippen LogP contribution in [0.15, 0.2) is 53.5 Å². The molecule has 2 aromatic carbocycles. The van der Waals surface area contributed by atoms with Crippen LogP contribution in [0.2, 0.25) is 5.02 Å². The number of aryl methyl sites for hydroxylation is 1. The van der Waals surface area contributed by atoms with Crippen molar-refractivity contribution in [3.8, 4) is 16.9 Å². The fourth-order valence-corrected chi connectivity index (χ4v) is 5.79. The van der Waals surface area contributed by atoms with Gasteiger partial charge in [0.05, 0.1) is 28.3 Å². The normalized spacial score (nSPS) is 18.0. The van der Waals surface area contributed by atoms with Gasteiger partial charge in [-0.1, -0.05) is 23.7 Å². The second-order valence-electron chi connectivity index (χ2n) is 11.1. The number of aromatic nitrogens is 3. The Hall–Kier alpha value is -3.53. The molecule has 0 amide bonds. The van der Waals surface area contributed by atoms with Crippen LogP contribution in [0.25, 0.3) is 28.0 Å². The average Bonchev–Trinajstić information content (AvgIpc) is 3.36. The number of aromatic amines is 1. The van der Waals surface area contributed by atoms with E-state index in [2.05, 4.69) is 9.97 Å². The van der Waals surface area contributed by atoms with Crippen molar-refractivity contribution in [3.05, 3.63) is 81.1 Å². The van der Waals surface area contributed by atoms with E-state index in [1.807, 2.05) is 31.2 Å². The molecule has 1 saturated heterocycles. The van der Waals surface area contributed by atoms with Crippen LogP contribution in [0.1, 0.15) is 62.5 Å². The Kier molecular flexibility index (Phi) is 8.87. The summed E-state index contributed by atoms with van der Waals surface area (Å²) < 4.78 is 22.4. The first kappa shape index (κ1) is 29.0. The number of benzene rings is 2. The average molecular weight is 579 g/mol. The molecule has 41 heavy (non-hydrogen) atoms. The number of fused-ring (bicyclic) bond motifs is 1. The standard InChI is InChI=1S/C31H36ClFN6O2/c1-18(34)3-2-4-19-13-25(29(33)26(32)14-19)27-16-22-17-39(31(40)38-30(22)37-27)23-7-5-20(6-8-23)21-11-12-41-24(15-21)9-10-28(35)36/h5-8,13-14,16-18,21,24H,2-4,9-12,15,34H2,1H3,(H3,35,36)(H,37,38,40)/t18-,21+,24-/m0/s1. The van der Waals surface area contributed by atoms with Crippen molar-refractivity contribution in [1.82, 2.24) is 14.5 Å². The fraction of sp³-hybridized carbons (Fsp3) is 0.387. The van der Waals surface area contributed by atoms with E-state index in [1.165, 1.54) is 10.1 Å². The minimum atomic E-state index is -0.517. The van der Waals surface area contributed by atoms with Crippen molar-refractivity contribution < 1.29 is 9.13 Å². The number of ether oxygens (including phenoxy) is 1. The van der Waals surface area contributed by atoms with Crippen LogP contribution >= 0.6 is 11.6 Å². The molecule has 0 bridgehead atoms. The largest absolute Gasteiger partial charge is 0.388 e. The quantitative estimate of drug-likeness (QED) is 0.139. The highest BCUT2D eigenvalue weighted by molar-refractivity contribution is 6.31. The maximum absolute atomic E-state index is 15.1. The van der Waals surface area contributed by atoms with Gasteiger partial charge >= 0.3 is 5.69 Å². The van der Waals surface area contributed by atoms with Gasteiger partial charge in [-0.05, 0) is 92.8 Å². The maximum Gasteiger partial charge on any atom is 0.354 e. The van der Waals surface area contributed by atoms with Gasteiger partial charge in [-0.15, -0.1) is 0 Å². The molecule has 0 unspecified atom stereocenters. The molecule has 8 nitrogen and oxygen atoms in total. The summed E-state index contributed by atoms with van der Waals surface area (Å²) in [6, 6.07) is 13.3. The third-order valence-corrected chi connectivity index (χ3v) is 8.03. The third-order valence-electron chi connectivity index (χ3n) is 7.76. The molecule has 6 N–H and O–H groups in total. The number of amidine groups is 1. The molecule has 1 aliphatic rings. The van der Waals surface area contributed by atoms with E-state index in [0.717, 1.165) is 44.1 Å². The molecule has 1 fully saturated rings. The van der Waals surface area contributed by atoms with Gasteiger partial charge in [0, 0.05) is 36.2 Å². The zero-order chi connectivity index (χ0) is 29.1. The van der Waals surface area contributed by atoms with E-state index < -0.39 is 11.5 Å². The number of nitrogens with two attached hydrogens (primary N) is 2. The van der Waals surface area contributed by atoms with E-state index in [0.29, 0.717) is 46.9 Å². The molecule has 10 heteroatoms. The van der Waals surface area contributed by atoms with Gasteiger partial charge < -0.3 is 21.2 Å². The highest BCUT2D eigenvalue weighted by atomic mass is 35.5. The monoisotopic (exact) mass is 578 g/mol. The molecule has 2 aromatic heterocycles. The van der Waals surface area contributed by atoms with Crippen LogP contribution in [-0.2, 0) is 11.2 Å². The Labute approximate surface area is 243 Å². The maximum atomic E-state index is 15.1. The molecule has 0 spiro atoms. The summed E-state index contributed by atoms with van der Waals surface area (Å²) in [5, 5.41) is 8.20. The smallest absolute Gasteiger partial charge is 0.354 e. The predicted octanol–water partition coefficient (Wildman–Crippen LogP) is 5.82. The topological polar surface area (TPSA) is 136 Å². The molecule has 216 valence electrons. The van der Waals surface area contributed by atoms with Gasteiger partial charge in [0.1, 0.15) is 5.65 Å². The minimum Gasteiger partial charge on any atom is -0.388 e. The van der Waals surface area contributed by atoms with E-state index in [4.69, 9.17) is 33.2 Å². The van der Waals surface area contributed by atoms with Gasteiger partial charge in [0.15, 0.2) is 5.82 Å². The van der Waals surface area contributed by atoms with Crippen molar-refractivity contribution in [1.29, 1.82) is 5.41 Å². The SMILES string of the molecule is C[C@H](N)CCCc1cc(Cl)c(F)c(-c2cc3cn(-c4ccc([C@@H]5CCO[C@@H](CCC(=N)N)C5)cc4)c(=O)nc3[nH]2)c1. The number of hydrogen-bond acceptors (Lipinski definition) is 5. The summed E-state index contributed by atoms with van der Waals surface area (Å²) >= 11 is 6.24. The molecule has 5 rings (SSSR count). The van der Waals surface area contributed by atoms with Gasteiger partial charge in [0.25, 0.3) is 0 Å². The van der Waals surface area contributed by atoms with E-state index in [-0.39, 0.29) is 23.0 Å². The number of nitrogens with zero attached hydrogens (tertiary/aromatic N) is 2. The number of nitrogens with one attached hydrogen (secondary N) is 2. The number of halogens is 2. The lowest BCUT2D eigenvalue weighted by molar-refractivity contribution is 0.00312. The highest BCUT2D eigenvalue weighted by Gasteiger charge is 2.24. The summed E-state index contributed by atoms with van der Waals surface area (Å²) in [5.74, 6) is 0.00763. The summed E-state index contributed by atoms with van der Waals surface area (Å²) in [6.07, 6.45) is 7.37. The molecule has 4 aromatic rings. The summed E-state index contributed by atoms with van der Waals surface area (Å²) in [5.41, 5.74) is 15.0. The molecule has 0 aliphatic carbocycles. The van der Waals surface area contributed by atoms with E-state index >= 15 is 4.39 Å². The Morgan fingerprint density at radius 1 is 1.29 bits per heavy atom. The number of H-pyrrole nitrogens is 1. The number of hydrogen-bond donors (Lipinski definition) is 4. The highest BCUT2D eigenvalue weighted by Crippen LogP contribution is 2.33. The zero-order valence-corrected chi connectivity index (χ0v) is 23.9. The van der Waals surface area contributed by atoms with E-state index in [9.17, 15) is 4.79 Å². The lowest BCUT2D eigenvalue weighted by Crippen LogP contribution is -2.26. The van der Waals surface area contributed by atoms with Gasteiger partial charge in [-0.3, -0.25) is 9.98 Å². The Bertz CT molecular complexity index is 1600. The summed E-state index contributed by atoms with van der Waals surface area (Å²) in [4.78, 5) is 20.3. The van der Waals surface area contributed by atoms with Crippen LogP contribution in [0, 0.1) is 11.2 Å². The van der Waals surface area contributed by atoms with Crippen molar-refractivity contribution in [2.24, 2.45) is 11.5 Å². The Morgan fingerprint density at radius 2 is 2.07 bits per heavy atom. The van der Waals surface area contributed by atoms with Crippen molar-refractivity contribution in [3.63, 3.8) is 0 Å². The predicted molar refractivity (Wildman–Crippen MR) is 162 cm³/mol. The van der Waals surface area contributed by atoms with Crippen LogP contribution in [-0.4, -0.2) is 39.1 Å². The molecular weight excluding hydrogens is 543 g/mol. The molecule has 0 radical (unpaired) electrons. The van der Waals surface area contributed by atoms with Crippen LogP contribution in [0.3, 0.4) is 0 Å². The summed E-state index contributed by atoms with van der Waals surface area (Å²) in [7, 11) is 0. The third kappa shape index (κ3) is 6.86. The first-order chi connectivity index (χ1) is 19.7. The van der Waals surface area contributed by atoms with Gasteiger partial charge in [-0.25, -0.2) is 9.18 Å². The fourth-order valence-electron chi connectivity index (χ4n) is 5.55. The van der Waals surface area contributed by atoms with Crippen molar-refractivity contribution >= 4 is 28.5 Å². The molecule has 3 atom stereocenters. The van der Waals surface area contributed by atoms with Crippen molar-refractivity contribution in [2.75, 3.05) is 6.61 Å². The molecule has 1 aliphatic heterocycles. The van der Waals surface area contributed by atoms with Crippen LogP contribution in [0.5, 0.6) is 0 Å². The lowest BCUT2D eigenvalue weighted by Gasteiger charge is -2.30. The molecular formula is C31H36ClFN6O2. The first-order valence-corrected chi connectivity index (χ1v) is 14.5. The van der Waals surface area contributed by atoms with Crippen LogP contribution in [0.4, 0.5) is 4.39 Å². The lowest BCUT2D eigenvalue weighted by atomic mass is 9.87. The molecule has 3 heterocycles. The Morgan fingerprint density at radius 3 is 2.80 bits per heavy atom. The minimum absolute atomic E-state index is 0.0549. The van der Waals surface area contributed by atoms with Crippen molar-refractivity contribution in [2.45, 2.75) is 69.9 Å². The molecule has 0 saturated carbocycles. The zero-order valence-electron chi connectivity index (χ0n) is 23.1. The van der Waals surface area contributed by atoms with Gasteiger partial charge in [0.2, 0.25) is 0 Å². The van der Waals surface area contributed by atoms with Crippen LogP contribution < -0.4 is 17.2 Å². The first-order valence-electron chi connectivity index (χ1n) is 14.1. The number of rotatable bonds is 10. The second-order valence-corrected chi connectivity index (χ2v) is 11.5. The second kappa shape index (κ2) is 12.5. The summed E-state index contributed by atoms with van der Waals surface area (Å²) in [6.45, 7) is 2.64. The Balaban J connectivity index is 1.37. The van der Waals surface area contributed by atoms with Gasteiger partial charge in [-0.2, -0.15) is 4.98 Å².